The molecule has 1 aliphatic rings. The predicted molar refractivity (Wildman–Crippen MR) is 40.8 cm³/mol. The first-order valence-corrected chi connectivity index (χ1v) is 3.18. The van der Waals surface area contributed by atoms with Crippen LogP contribution in [0.5, 0.6) is 0 Å². The van der Waals surface area contributed by atoms with Crippen LogP contribution >= 0.6 is 0 Å². The second-order valence-corrected chi connectivity index (χ2v) is 2.18. The molecule has 1 atom stereocenters. The van der Waals surface area contributed by atoms with E-state index < -0.39 is 0 Å². The second kappa shape index (κ2) is 3.14. The van der Waals surface area contributed by atoms with E-state index in [1.807, 2.05) is 0 Å². The predicted octanol–water partition coefficient (Wildman–Crippen LogP) is 0.0846. The van der Waals surface area contributed by atoms with Crippen LogP contribution in [-0.4, -0.2) is 23.7 Å². The maximum atomic E-state index is 8.48. The number of nitrogens with two attached hydrogens (primary N) is 1. The summed E-state index contributed by atoms with van der Waals surface area (Å²) >= 11 is 0. The van der Waals surface area contributed by atoms with Crippen LogP contribution < -0.4 is 5.73 Å². The highest BCUT2D eigenvalue weighted by Gasteiger charge is 2.20. The Kier molecular flexibility index (Phi) is 2.21. The highest BCUT2D eigenvalue weighted by molar-refractivity contribution is 5.97. The minimum atomic E-state index is -0.285. The number of hydrogen-bond acceptors (Lipinski definition) is 2. The highest BCUT2D eigenvalue weighted by Crippen LogP contribution is 2.05. The van der Waals surface area contributed by atoms with Gasteiger partial charge in [0.1, 0.15) is 0 Å². The fourth-order valence-corrected chi connectivity index (χ4v) is 0.883. The number of hydrogen-bond donors (Lipinski definition) is 1. The Bertz CT molecular complexity index is 261. The van der Waals surface area contributed by atoms with Crippen molar-refractivity contribution >= 4 is 5.71 Å². The van der Waals surface area contributed by atoms with Crippen LogP contribution in [0.2, 0.25) is 0 Å². The fourth-order valence-electron chi connectivity index (χ4n) is 0.883. The Morgan fingerprint density at radius 3 is 3.00 bits per heavy atom. The van der Waals surface area contributed by atoms with Gasteiger partial charge in [-0.1, -0.05) is 0 Å². The standard InChI is InChI=1S/C7H9N3O/c1-11-7-3-2-5(8)4-6(7)10-9/h2-4,7H,8H2,1H3. The van der Waals surface area contributed by atoms with Crippen molar-refractivity contribution < 1.29 is 9.53 Å². The van der Waals surface area contributed by atoms with Crippen LogP contribution in [0.4, 0.5) is 0 Å². The SMILES string of the molecule is COC1C=CC(N)=CC1=[N+]=[N-]. The molecule has 2 N–H and O–H groups in total. The number of ether oxygens (including phenoxy) is 1. The zero-order valence-electron chi connectivity index (χ0n) is 6.19. The molecule has 11 heavy (non-hydrogen) atoms. The van der Waals surface area contributed by atoms with Crippen molar-refractivity contribution in [1.82, 2.24) is 0 Å². The molecule has 58 valence electrons. The summed E-state index contributed by atoms with van der Waals surface area (Å²) in [4.78, 5) is 3.03. The third-order valence-electron chi connectivity index (χ3n) is 1.44. The summed E-state index contributed by atoms with van der Waals surface area (Å²) in [5, 5.41) is 0. The zero-order valence-corrected chi connectivity index (χ0v) is 6.19. The summed E-state index contributed by atoms with van der Waals surface area (Å²) in [6.45, 7) is 0. The van der Waals surface area contributed by atoms with Crippen molar-refractivity contribution in [3.63, 3.8) is 0 Å². The quantitative estimate of drug-likeness (QED) is 0.426. The highest BCUT2D eigenvalue weighted by atomic mass is 16.5. The number of allylic oxidation sites excluding steroid dienone is 1. The van der Waals surface area contributed by atoms with Gasteiger partial charge in [0.05, 0.1) is 0 Å². The van der Waals surface area contributed by atoms with Crippen LogP contribution in [0.1, 0.15) is 0 Å². The van der Waals surface area contributed by atoms with Crippen molar-refractivity contribution in [2.45, 2.75) is 6.10 Å². The van der Waals surface area contributed by atoms with Crippen LogP contribution in [0.15, 0.2) is 23.9 Å². The Labute approximate surface area is 64.6 Å². The zero-order chi connectivity index (χ0) is 8.27. The third kappa shape index (κ3) is 1.55. The summed E-state index contributed by atoms with van der Waals surface area (Å²) < 4.78 is 4.97. The summed E-state index contributed by atoms with van der Waals surface area (Å²) in [7, 11) is 1.54. The molecule has 0 radical (unpaired) electrons. The first-order valence-electron chi connectivity index (χ1n) is 3.18. The van der Waals surface area contributed by atoms with E-state index in [1.165, 1.54) is 7.11 Å². The van der Waals surface area contributed by atoms with E-state index in [-0.39, 0.29) is 6.10 Å². The molecule has 0 bridgehead atoms. The second-order valence-electron chi connectivity index (χ2n) is 2.18. The summed E-state index contributed by atoms with van der Waals surface area (Å²) in [6.07, 6.45) is 4.72. The first-order chi connectivity index (χ1) is 5.27. The molecule has 0 saturated carbocycles. The van der Waals surface area contributed by atoms with Crippen LogP contribution in [0, 0.1) is 0 Å². The van der Waals surface area contributed by atoms with Gasteiger partial charge in [-0.25, -0.2) is 0 Å². The molecule has 1 unspecified atom stereocenters. The minimum Gasteiger partial charge on any atom is -0.399 e. The molecule has 4 nitrogen and oxygen atoms in total. The average molecular weight is 151 g/mol. The molecule has 0 aliphatic heterocycles. The molecule has 4 heteroatoms. The van der Waals surface area contributed by atoms with Crippen molar-refractivity contribution in [2.24, 2.45) is 5.73 Å². The van der Waals surface area contributed by atoms with E-state index in [9.17, 15) is 0 Å². The Balaban J connectivity index is 2.93. The average Bonchev–Trinajstić information content (AvgIpc) is 2.04. The van der Waals surface area contributed by atoms with Gasteiger partial charge in [0.25, 0.3) is 0 Å². The first kappa shape index (κ1) is 7.72. The van der Waals surface area contributed by atoms with E-state index >= 15 is 0 Å². The van der Waals surface area contributed by atoms with Crippen molar-refractivity contribution in [1.29, 1.82) is 0 Å². The Morgan fingerprint density at radius 1 is 1.73 bits per heavy atom. The summed E-state index contributed by atoms with van der Waals surface area (Å²) in [5.41, 5.74) is 14.9. The monoisotopic (exact) mass is 151 g/mol. The van der Waals surface area contributed by atoms with Crippen molar-refractivity contribution in [2.75, 3.05) is 7.11 Å². The Morgan fingerprint density at radius 2 is 2.45 bits per heavy atom. The van der Waals surface area contributed by atoms with Gasteiger partial charge in [-0.15, -0.1) is 0 Å². The molecule has 0 aromatic carbocycles. The van der Waals surface area contributed by atoms with Gasteiger partial charge < -0.3 is 16.0 Å². The normalized spacial score (nSPS) is 22.8. The maximum Gasteiger partial charge on any atom is 0.326 e. The van der Waals surface area contributed by atoms with E-state index in [0.29, 0.717) is 11.4 Å². The molecule has 0 amide bonds. The molecule has 0 fully saturated rings. The van der Waals surface area contributed by atoms with Crippen molar-refractivity contribution in [3.05, 3.63) is 29.5 Å². The van der Waals surface area contributed by atoms with Gasteiger partial charge >= 0.3 is 5.71 Å². The van der Waals surface area contributed by atoms with Gasteiger partial charge in [0.2, 0.25) is 0 Å². The summed E-state index contributed by atoms with van der Waals surface area (Å²) in [5.74, 6) is 0. The molecule has 0 saturated heterocycles. The van der Waals surface area contributed by atoms with E-state index in [2.05, 4.69) is 4.79 Å². The lowest BCUT2D eigenvalue weighted by atomic mass is 10.1. The van der Waals surface area contributed by atoms with Crippen LogP contribution in [-0.2, 0) is 4.74 Å². The van der Waals surface area contributed by atoms with E-state index in [1.54, 1.807) is 18.2 Å². The van der Waals surface area contributed by atoms with Crippen LogP contribution in [0.3, 0.4) is 0 Å². The van der Waals surface area contributed by atoms with E-state index in [4.69, 9.17) is 16.0 Å². The smallest absolute Gasteiger partial charge is 0.326 e. The lowest BCUT2D eigenvalue weighted by Gasteiger charge is -2.07. The molecular weight excluding hydrogens is 142 g/mol. The molecule has 0 aromatic heterocycles. The van der Waals surface area contributed by atoms with Gasteiger partial charge in [-0.3, -0.25) is 0 Å². The largest absolute Gasteiger partial charge is 0.399 e. The maximum absolute atomic E-state index is 8.48. The minimum absolute atomic E-state index is 0.285. The molecule has 0 aromatic rings. The van der Waals surface area contributed by atoms with Gasteiger partial charge in [-0.2, -0.15) is 4.79 Å². The molecule has 1 aliphatic carbocycles. The molecule has 1 rings (SSSR count). The van der Waals surface area contributed by atoms with E-state index in [0.717, 1.165) is 0 Å². The molecule has 0 heterocycles. The topological polar surface area (TPSA) is 71.7 Å². The summed E-state index contributed by atoms with van der Waals surface area (Å²) in [6, 6.07) is 0. The van der Waals surface area contributed by atoms with Crippen molar-refractivity contribution in [3.8, 4) is 0 Å². The van der Waals surface area contributed by atoms with Gasteiger partial charge in [-0.05, 0) is 12.2 Å². The fraction of sp³-hybridized carbons (Fsp3) is 0.286. The van der Waals surface area contributed by atoms with Gasteiger partial charge in [0, 0.05) is 18.9 Å². The molecule has 0 spiro atoms. The lowest BCUT2D eigenvalue weighted by molar-refractivity contribution is -0.0184. The third-order valence-corrected chi connectivity index (χ3v) is 1.44. The van der Waals surface area contributed by atoms with Gasteiger partial charge in [0.15, 0.2) is 6.10 Å². The molecular formula is C7H9N3O. The number of methoxy groups -OCH3 is 1. The van der Waals surface area contributed by atoms with Crippen LogP contribution in [0.25, 0.3) is 5.53 Å². The number of rotatable bonds is 1. The Hall–Kier alpha value is -1.38. The number of nitrogens with zero attached hydrogens (tertiary/aromatic N) is 2. The lowest BCUT2D eigenvalue weighted by Crippen LogP contribution is -2.23.